The normalized spacial score (nSPS) is 12.0. The lowest BCUT2D eigenvalue weighted by molar-refractivity contribution is -0.123. The minimum absolute atomic E-state index is 0.0147. The van der Waals surface area contributed by atoms with Gasteiger partial charge in [-0.1, -0.05) is 65.8 Å². The maximum atomic E-state index is 12.3. The van der Waals surface area contributed by atoms with Crippen LogP contribution in [0.5, 0.6) is 5.75 Å². The fraction of sp³-hybridized carbons (Fsp3) is 0.458. The minimum Gasteiger partial charge on any atom is -0.483 e. The van der Waals surface area contributed by atoms with Gasteiger partial charge < -0.3 is 10.1 Å². The topological polar surface area (TPSA) is 38.3 Å². The molecule has 0 unspecified atom stereocenters. The fourth-order valence-electron chi connectivity index (χ4n) is 2.85. The predicted molar refractivity (Wildman–Crippen MR) is 119 cm³/mol. The minimum atomic E-state index is -0.117. The zero-order valence-electron chi connectivity index (χ0n) is 18.2. The van der Waals surface area contributed by atoms with Crippen molar-refractivity contribution in [3.05, 3.63) is 59.2 Å². The molecule has 1 N–H and O–H groups in total. The van der Waals surface area contributed by atoms with E-state index in [0.717, 1.165) is 16.9 Å². The highest BCUT2D eigenvalue weighted by Crippen LogP contribution is 2.35. The van der Waals surface area contributed by atoms with Crippen LogP contribution in [0, 0.1) is 0 Å². The molecular weight excluding hydrogens is 366 g/mol. The molecule has 0 aliphatic carbocycles. The van der Waals surface area contributed by atoms with Crippen LogP contribution in [0.4, 0.5) is 0 Å². The number of hydrogen-bond donors (Lipinski definition) is 1. The van der Waals surface area contributed by atoms with Crippen LogP contribution in [-0.2, 0) is 22.2 Å². The Morgan fingerprint density at radius 3 is 2.14 bits per heavy atom. The number of amides is 1. The van der Waals surface area contributed by atoms with Crippen molar-refractivity contribution in [2.45, 2.75) is 63.8 Å². The zero-order valence-corrected chi connectivity index (χ0v) is 19.0. The van der Waals surface area contributed by atoms with Crippen molar-refractivity contribution in [3.63, 3.8) is 0 Å². The van der Waals surface area contributed by atoms with Crippen LogP contribution < -0.4 is 10.1 Å². The SMILES string of the molecule is CSc1ccc(CNC(=O)COc2ccc(C(C)(C)C)cc2C(C)(C)C)cc1. The van der Waals surface area contributed by atoms with Crippen LogP contribution in [0.2, 0.25) is 0 Å². The van der Waals surface area contributed by atoms with Crippen molar-refractivity contribution in [3.8, 4) is 5.75 Å². The summed E-state index contributed by atoms with van der Waals surface area (Å²) in [4.78, 5) is 13.5. The summed E-state index contributed by atoms with van der Waals surface area (Å²) < 4.78 is 5.90. The molecule has 3 nitrogen and oxygen atoms in total. The lowest BCUT2D eigenvalue weighted by Crippen LogP contribution is -2.29. The lowest BCUT2D eigenvalue weighted by atomic mass is 9.80. The van der Waals surface area contributed by atoms with E-state index in [4.69, 9.17) is 4.74 Å². The summed E-state index contributed by atoms with van der Waals surface area (Å²) in [7, 11) is 0. The molecule has 2 aromatic rings. The number of hydrogen-bond acceptors (Lipinski definition) is 3. The van der Waals surface area contributed by atoms with Crippen LogP contribution in [0.1, 0.15) is 58.2 Å². The first-order chi connectivity index (χ1) is 13.0. The molecule has 0 bridgehead atoms. The molecule has 152 valence electrons. The van der Waals surface area contributed by atoms with E-state index in [1.54, 1.807) is 11.8 Å². The molecule has 28 heavy (non-hydrogen) atoms. The smallest absolute Gasteiger partial charge is 0.258 e. The third-order valence-electron chi connectivity index (χ3n) is 4.66. The Labute approximate surface area is 174 Å². The van der Waals surface area contributed by atoms with Gasteiger partial charge in [0.15, 0.2) is 6.61 Å². The van der Waals surface area contributed by atoms with Gasteiger partial charge in [-0.15, -0.1) is 11.8 Å². The molecule has 0 fully saturated rings. The number of carbonyl (C=O) groups excluding carboxylic acids is 1. The van der Waals surface area contributed by atoms with Crippen LogP contribution in [0.3, 0.4) is 0 Å². The van der Waals surface area contributed by atoms with Gasteiger partial charge in [0.2, 0.25) is 0 Å². The Morgan fingerprint density at radius 2 is 1.61 bits per heavy atom. The van der Waals surface area contributed by atoms with Crippen LogP contribution >= 0.6 is 11.8 Å². The average Bonchev–Trinajstić information content (AvgIpc) is 2.63. The van der Waals surface area contributed by atoms with Crippen LogP contribution in [0.15, 0.2) is 47.4 Å². The van der Waals surface area contributed by atoms with Gasteiger partial charge in [0, 0.05) is 11.4 Å². The Morgan fingerprint density at radius 1 is 0.964 bits per heavy atom. The fourth-order valence-corrected chi connectivity index (χ4v) is 3.26. The van der Waals surface area contributed by atoms with E-state index in [2.05, 4.69) is 71.1 Å². The molecule has 0 saturated heterocycles. The molecule has 0 aromatic heterocycles. The van der Waals surface area contributed by atoms with Crippen molar-refractivity contribution < 1.29 is 9.53 Å². The Kier molecular flexibility index (Phi) is 7.22. The third-order valence-corrected chi connectivity index (χ3v) is 5.40. The van der Waals surface area contributed by atoms with Gasteiger partial charge >= 0.3 is 0 Å². The molecule has 0 aliphatic heterocycles. The van der Waals surface area contributed by atoms with E-state index in [1.165, 1.54) is 10.5 Å². The van der Waals surface area contributed by atoms with E-state index in [0.29, 0.717) is 6.54 Å². The zero-order chi connectivity index (χ0) is 20.9. The van der Waals surface area contributed by atoms with Crippen molar-refractivity contribution in [1.29, 1.82) is 0 Å². The van der Waals surface area contributed by atoms with E-state index >= 15 is 0 Å². The molecule has 0 atom stereocenters. The van der Waals surface area contributed by atoms with Crippen LogP contribution in [-0.4, -0.2) is 18.8 Å². The molecule has 0 heterocycles. The number of ether oxygens (including phenoxy) is 1. The van der Waals surface area contributed by atoms with Crippen molar-refractivity contribution in [2.24, 2.45) is 0 Å². The first kappa shape index (κ1) is 22.4. The molecular formula is C24H33NO2S. The third kappa shape index (κ3) is 6.30. The number of carbonyl (C=O) groups is 1. The summed E-state index contributed by atoms with van der Waals surface area (Å²) in [5.41, 5.74) is 3.48. The monoisotopic (exact) mass is 399 g/mol. The molecule has 4 heteroatoms. The summed E-state index contributed by atoms with van der Waals surface area (Å²) in [6, 6.07) is 14.5. The second-order valence-electron chi connectivity index (χ2n) is 9.12. The number of benzene rings is 2. The number of rotatable bonds is 6. The molecule has 0 spiro atoms. The van der Waals surface area contributed by atoms with Gasteiger partial charge in [-0.25, -0.2) is 0 Å². The average molecular weight is 400 g/mol. The molecule has 1 amide bonds. The van der Waals surface area contributed by atoms with Crippen molar-refractivity contribution in [1.82, 2.24) is 5.32 Å². The number of nitrogens with one attached hydrogen (secondary N) is 1. The summed E-state index contributed by atoms with van der Waals surface area (Å²) in [6.45, 7) is 13.6. The molecule has 2 rings (SSSR count). The highest BCUT2D eigenvalue weighted by molar-refractivity contribution is 7.98. The Balaban J connectivity index is 2.01. The first-order valence-corrected chi connectivity index (χ1v) is 10.9. The van der Waals surface area contributed by atoms with Gasteiger partial charge in [-0.05, 0) is 52.0 Å². The maximum Gasteiger partial charge on any atom is 0.258 e. The second-order valence-corrected chi connectivity index (χ2v) is 10.0. The van der Waals surface area contributed by atoms with E-state index in [1.807, 2.05) is 24.5 Å². The van der Waals surface area contributed by atoms with E-state index in [-0.39, 0.29) is 23.3 Å². The van der Waals surface area contributed by atoms with Gasteiger partial charge in [-0.2, -0.15) is 0 Å². The molecule has 2 aromatic carbocycles. The standard InChI is InChI=1S/C24H33NO2S/c1-23(2,3)18-10-13-21(20(14-18)24(4,5)6)27-16-22(26)25-15-17-8-11-19(28-7)12-9-17/h8-14H,15-16H2,1-7H3,(H,25,26). The lowest BCUT2D eigenvalue weighted by Gasteiger charge is -2.27. The summed E-state index contributed by atoms with van der Waals surface area (Å²) in [5, 5.41) is 2.93. The highest BCUT2D eigenvalue weighted by atomic mass is 32.2. The summed E-state index contributed by atoms with van der Waals surface area (Å²) >= 11 is 1.71. The van der Waals surface area contributed by atoms with E-state index in [9.17, 15) is 4.79 Å². The molecule has 0 aliphatic rings. The summed E-state index contributed by atoms with van der Waals surface area (Å²) in [5.74, 6) is 0.661. The second kappa shape index (κ2) is 9.04. The first-order valence-electron chi connectivity index (χ1n) is 9.68. The number of thioether (sulfide) groups is 1. The summed E-state index contributed by atoms with van der Waals surface area (Å²) in [6.07, 6.45) is 2.05. The van der Waals surface area contributed by atoms with Gasteiger partial charge in [-0.3, -0.25) is 4.79 Å². The molecule has 0 radical (unpaired) electrons. The van der Waals surface area contributed by atoms with Crippen LogP contribution in [0.25, 0.3) is 0 Å². The van der Waals surface area contributed by atoms with Gasteiger partial charge in [0.1, 0.15) is 5.75 Å². The van der Waals surface area contributed by atoms with Gasteiger partial charge in [0.05, 0.1) is 0 Å². The maximum absolute atomic E-state index is 12.3. The largest absolute Gasteiger partial charge is 0.483 e. The van der Waals surface area contributed by atoms with Gasteiger partial charge in [0.25, 0.3) is 5.91 Å². The van der Waals surface area contributed by atoms with E-state index < -0.39 is 0 Å². The predicted octanol–water partition coefficient (Wildman–Crippen LogP) is 5.70. The van der Waals surface area contributed by atoms with Crippen molar-refractivity contribution in [2.75, 3.05) is 12.9 Å². The Bertz CT molecular complexity index is 799. The quantitative estimate of drug-likeness (QED) is 0.633. The Hall–Kier alpha value is -1.94. The van der Waals surface area contributed by atoms with Crippen molar-refractivity contribution >= 4 is 17.7 Å². The highest BCUT2D eigenvalue weighted by Gasteiger charge is 2.23. The molecule has 0 saturated carbocycles.